The summed E-state index contributed by atoms with van der Waals surface area (Å²) in [5, 5.41) is 3.05. The predicted molar refractivity (Wildman–Crippen MR) is 76.6 cm³/mol. The highest BCUT2D eigenvalue weighted by Gasteiger charge is 2.30. The minimum absolute atomic E-state index is 0.112. The molecule has 19 heavy (non-hydrogen) atoms. The topological polar surface area (TPSA) is 47.6 Å². The third-order valence-electron chi connectivity index (χ3n) is 3.27. The Kier molecular flexibility index (Phi) is 4.47. The number of nitrogens with one attached hydrogen (secondary N) is 1. The van der Waals surface area contributed by atoms with Gasteiger partial charge in [-0.05, 0) is 53.9 Å². The third-order valence-corrected chi connectivity index (χ3v) is 3.96. The third kappa shape index (κ3) is 3.48. The SMILES string of the molecule is COc1ccc(Br)c(C(=O)N[C@@]2(C)CCCOC2)c1. The molecule has 0 radical (unpaired) electrons. The van der Waals surface area contributed by atoms with Crippen LogP contribution in [0.15, 0.2) is 22.7 Å². The van der Waals surface area contributed by atoms with Crippen molar-refractivity contribution in [3.8, 4) is 5.75 Å². The molecule has 5 heteroatoms. The molecule has 1 heterocycles. The second-order valence-electron chi connectivity index (χ2n) is 5.02. The zero-order chi connectivity index (χ0) is 13.9. The molecule has 0 aliphatic carbocycles. The van der Waals surface area contributed by atoms with Gasteiger partial charge in [-0.2, -0.15) is 0 Å². The van der Waals surface area contributed by atoms with Crippen LogP contribution in [0.5, 0.6) is 5.75 Å². The van der Waals surface area contributed by atoms with Gasteiger partial charge in [0.15, 0.2) is 0 Å². The maximum atomic E-state index is 12.4. The van der Waals surface area contributed by atoms with E-state index >= 15 is 0 Å². The zero-order valence-corrected chi connectivity index (χ0v) is 12.7. The largest absolute Gasteiger partial charge is 0.497 e. The summed E-state index contributed by atoms with van der Waals surface area (Å²) >= 11 is 3.40. The highest BCUT2D eigenvalue weighted by molar-refractivity contribution is 9.10. The summed E-state index contributed by atoms with van der Waals surface area (Å²) in [5.74, 6) is 0.553. The molecule has 1 fully saturated rings. The van der Waals surface area contributed by atoms with Crippen LogP contribution in [0.3, 0.4) is 0 Å². The van der Waals surface area contributed by atoms with Gasteiger partial charge in [0.25, 0.3) is 5.91 Å². The Labute approximate surface area is 121 Å². The first-order valence-electron chi connectivity index (χ1n) is 6.28. The van der Waals surface area contributed by atoms with Gasteiger partial charge in [-0.1, -0.05) is 0 Å². The van der Waals surface area contributed by atoms with E-state index in [2.05, 4.69) is 21.2 Å². The maximum absolute atomic E-state index is 12.4. The standard InChI is InChI=1S/C14H18BrNO3/c1-14(6-3-7-19-9-14)16-13(17)11-8-10(18-2)4-5-12(11)15/h4-5,8H,3,6-7,9H2,1-2H3,(H,16,17)/t14-/m0/s1. The second kappa shape index (κ2) is 5.92. The van der Waals surface area contributed by atoms with E-state index in [-0.39, 0.29) is 11.4 Å². The molecule has 1 aromatic rings. The molecule has 104 valence electrons. The van der Waals surface area contributed by atoms with E-state index in [1.807, 2.05) is 19.1 Å². The Hall–Kier alpha value is -1.07. The van der Waals surface area contributed by atoms with E-state index in [1.54, 1.807) is 13.2 Å². The van der Waals surface area contributed by atoms with E-state index in [9.17, 15) is 4.79 Å². The van der Waals surface area contributed by atoms with Crippen LogP contribution in [-0.4, -0.2) is 31.8 Å². The van der Waals surface area contributed by atoms with Crippen molar-refractivity contribution in [3.05, 3.63) is 28.2 Å². The Morgan fingerprint density at radius 2 is 2.32 bits per heavy atom. The molecule has 0 aromatic heterocycles. The van der Waals surface area contributed by atoms with Crippen molar-refractivity contribution in [2.75, 3.05) is 20.3 Å². The number of rotatable bonds is 3. The van der Waals surface area contributed by atoms with Crippen LogP contribution in [0, 0.1) is 0 Å². The van der Waals surface area contributed by atoms with Gasteiger partial charge < -0.3 is 14.8 Å². The summed E-state index contributed by atoms with van der Waals surface area (Å²) in [6.07, 6.45) is 1.90. The highest BCUT2D eigenvalue weighted by Crippen LogP contribution is 2.24. The minimum Gasteiger partial charge on any atom is -0.497 e. The summed E-state index contributed by atoms with van der Waals surface area (Å²) in [4.78, 5) is 12.4. The fraction of sp³-hybridized carbons (Fsp3) is 0.500. The number of amides is 1. The lowest BCUT2D eigenvalue weighted by atomic mass is 9.94. The second-order valence-corrected chi connectivity index (χ2v) is 5.87. The van der Waals surface area contributed by atoms with Crippen molar-refractivity contribution in [1.29, 1.82) is 0 Å². The molecule has 1 N–H and O–H groups in total. The molecule has 4 nitrogen and oxygen atoms in total. The maximum Gasteiger partial charge on any atom is 0.253 e. The molecule has 1 aromatic carbocycles. The van der Waals surface area contributed by atoms with Crippen molar-refractivity contribution in [2.24, 2.45) is 0 Å². The fourth-order valence-electron chi connectivity index (χ4n) is 2.18. The van der Waals surface area contributed by atoms with E-state index in [1.165, 1.54) is 0 Å². The molecule has 1 aliphatic rings. The zero-order valence-electron chi connectivity index (χ0n) is 11.2. The van der Waals surface area contributed by atoms with Gasteiger partial charge in [-0.25, -0.2) is 0 Å². The quantitative estimate of drug-likeness (QED) is 0.928. The van der Waals surface area contributed by atoms with Gasteiger partial charge in [-0.3, -0.25) is 4.79 Å². The van der Waals surface area contributed by atoms with Crippen molar-refractivity contribution < 1.29 is 14.3 Å². The predicted octanol–water partition coefficient (Wildman–Crippen LogP) is 2.76. The monoisotopic (exact) mass is 327 g/mol. The Morgan fingerprint density at radius 3 is 2.95 bits per heavy atom. The molecule has 1 amide bonds. The first-order valence-corrected chi connectivity index (χ1v) is 7.07. The van der Waals surface area contributed by atoms with Crippen LogP contribution in [0.2, 0.25) is 0 Å². The lowest BCUT2D eigenvalue weighted by Gasteiger charge is -2.34. The summed E-state index contributed by atoms with van der Waals surface area (Å²) in [7, 11) is 1.58. The number of carbonyl (C=O) groups excluding carboxylic acids is 1. The van der Waals surface area contributed by atoms with Crippen LogP contribution >= 0.6 is 15.9 Å². The average molecular weight is 328 g/mol. The molecule has 0 spiro atoms. The van der Waals surface area contributed by atoms with Crippen molar-refractivity contribution in [1.82, 2.24) is 5.32 Å². The molecule has 2 rings (SSSR count). The normalized spacial score (nSPS) is 22.9. The smallest absolute Gasteiger partial charge is 0.253 e. The Balaban J connectivity index is 2.15. The number of hydrogen-bond donors (Lipinski definition) is 1. The van der Waals surface area contributed by atoms with E-state index in [0.717, 1.165) is 23.9 Å². The van der Waals surface area contributed by atoms with Gasteiger partial charge in [0, 0.05) is 11.1 Å². The van der Waals surface area contributed by atoms with Gasteiger partial charge in [0.05, 0.1) is 24.8 Å². The molecular weight excluding hydrogens is 310 g/mol. The number of methoxy groups -OCH3 is 1. The van der Waals surface area contributed by atoms with Crippen LogP contribution in [-0.2, 0) is 4.74 Å². The van der Waals surface area contributed by atoms with Crippen LogP contribution in [0.1, 0.15) is 30.1 Å². The minimum atomic E-state index is -0.294. The van der Waals surface area contributed by atoms with Gasteiger partial charge in [-0.15, -0.1) is 0 Å². The molecule has 1 atom stereocenters. The molecule has 1 saturated heterocycles. The van der Waals surface area contributed by atoms with Crippen LogP contribution in [0.25, 0.3) is 0 Å². The highest BCUT2D eigenvalue weighted by atomic mass is 79.9. The molecule has 0 saturated carbocycles. The fourth-order valence-corrected chi connectivity index (χ4v) is 2.61. The summed E-state index contributed by atoms with van der Waals surface area (Å²) < 4.78 is 11.4. The number of benzene rings is 1. The summed E-state index contributed by atoms with van der Waals surface area (Å²) in [5.41, 5.74) is 0.281. The number of ether oxygens (including phenoxy) is 2. The van der Waals surface area contributed by atoms with Crippen molar-refractivity contribution >= 4 is 21.8 Å². The average Bonchev–Trinajstić information content (AvgIpc) is 2.39. The summed E-state index contributed by atoms with van der Waals surface area (Å²) in [6, 6.07) is 5.35. The van der Waals surface area contributed by atoms with Crippen LogP contribution < -0.4 is 10.1 Å². The van der Waals surface area contributed by atoms with Crippen molar-refractivity contribution in [2.45, 2.75) is 25.3 Å². The van der Waals surface area contributed by atoms with Gasteiger partial charge in [0.1, 0.15) is 5.75 Å². The molecule has 0 bridgehead atoms. The molecule has 0 unspecified atom stereocenters. The molecule has 1 aliphatic heterocycles. The number of halogens is 1. The van der Waals surface area contributed by atoms with E-state index in [0.29, 0.717) is 17.9 Å². The van der Waals surface area contributed by atoms with Crippen molar-refractivity contribution in [3.63, 3.8) is 0 Å². The number of carbonyl (C=O) groups is 1. The summed E-state index contributed by atoms with van der Waals surface area (Å²) in [6.45, 7) is 3.34. The molecular formula is C14H18BrNO3. The van der Waals surface area contributed by atoms with E-state index < -0.39 is 0 Å². The number of hydrogen-bond acceptors (Lipinski definition) is 3. The Morgan fingerprint density at radius 1 is 1.53 bits per heavy atom. The van der Waals surface area contributed by atoms with Gasteiger partial charge >= 0.3 is 0 Å². The lowest BCUT2D eigenvalue weighted by molar-refractivity contribution is 0.0272. The lowest BCUT2D eigenvalue weighted by Crippen LogP contribution is -2.51. The van der Waals surface area contributed by atoms with E-state index in [4.69, 9.17) is 9.47 Å². The first-order chi connectivity index (χ1) is 9.04. The Bertz CT molecular complexity index is 470. The van der Waals surface area contributed by atoms with Crippen LogP contribution in [0.4, 0.5) is 0 Å². The van der Waals surface area contributed by atoms with Gasteiger partial charge in [0.2, 0.25) is 0 Å². The first kappa shape index (κ1) is 14.3.